The first-order valence-corrected chi connectivity index (χ1v) is 9.96. The standard InChI is InChI=1S/C16H19N5O3S/c22-16(20-9-8-17-13-10-25(23,24)11-14(13)20)19-15-6-7-18-21(15)12-4-2-1-3-5-12/h1-7,13-14,17H,8-11H2,(H,19,22)/t13-,14+/m1/s1. The molecule has 2 atom stereocenters. The molecule has 2 N–H and O–H groups in total. The van der Waals surface area contributed by atoms with Gasteiger partial charge in [0.05, 0.1) is 29.4 Å². The molecule has 1 aromatic carbocycles. The van der Waals surface area contributed by atoms with Crippen LogP contribution >= 0.6 is 0 Å². The Balaban J connectivity index is 1.54. The molecule has 2 amide bonds. The van der Waals surface area contributed by atoms with E-state index in [0.717, 1.165) is 5.69 Å². The van der Waals surface area contributed by atoms with Crippen molar-refractivity contribution in [3.8, 4) is 5.69 Å². The van der Waals surface area contributed by atoms with Gasteiger partial charge in [-0.2, -0.15) is 5.10 Å². The van der Waals surface area contributed by atoms with Crippen molar-refractivity contribution in [1.82, 2.24) is 20.0 Å². The van der Waals surface area contributed by atoms with Crippen LogP contribution in [0, 0.1) is 0 Å². The maximum atomic E-state index is 12.8. The van der Waals surface area contributed by atoms with E-state index in [-0.39, 0.29) is 29.6 Å². The third-order valence-electron chi connectivity index (χ3n) is 4.62. The summed E-state index contributed by atoms with van der Waals surface area (Å²) in [7, 11) is -3.11. The Kier molecular flexibility index (Phi) is 3.97. The van der Waals surface area contributed by atoms with Gasteiger partial charge >= 0.3 is 6.03 Å². The number of urea groups is 1. The molecule has 9 heteroatoms. The molecule has 0 spiro atoms. The normalized spacial score (nSPS) is 24.7. The van der Waals surface area contributed by atoms with Crippen LogP contribution < -0.4 is 10.6 Å². The lowest BCUT2D eigenvalue weighted by atomic mass is 10.1. The number of carbonyl (C=O) groups is 1. The summed E-state index contributed by atoms with van der Waals surface area (Å²) in [6.07, 6.45) is 1.61. The Bertz CT molecular complexity index is 880. The van der Waals surface area contributed by atoms with Crippen LogP contribution in [0.15, 0.2) is 42.6 Å². The number of nitrogens with one attached hydrogen (secondary N) is 2. The molecule has 0 saturated carbocycles. The van der Waals surface area contributed by atoms with Gasteiger partial charge in [-0.3, -0.25) is 5.32 Å². The summed E-state index contributed by atoms with van der Waals surface area (Å²) in [5, 5.41) is 10.3. The summed E-state index contributed by atoms with van der Waals surface area (Å²) < 4.78 is 25.5. The molecule has 8 nitrogen and oxygen atoms in total. The van der Waals surface area contributed by atoms with Crippen LogP contribution in [0.4, 0.5) is 10.6 Å². The summed E-state index contributed by atoms with van der Waals surface area (Å²) in [5.74, 6) is 0.645. The number of sulfone groups is 1. The van der Waals surface area contributed by atoms with Crippen LogP contribution in [0.2, 0.25) is 0 Å². The fourth-order valence-electron chi connectivity index (χ4n) is 3.47. The van der Waals surface area contributed by atoms with E-state index in [2.05, 4.69) is 15.7 Å². The molecule has 2 aliphatic rings. The number of hydrogen-bond acceptors (Lipinski definition) is 5. The van der Waals surface area contributed by atoms with Crippen LogP contribution in [-0.4, -0.2) is 65.8 Å². The van der Waals surface area contributed by atoms with Crippen molar-refractivity contribution in [3.05, 3.63) is 42.6 Å². The Morgan fingerprint density at radius 2 is 2.00 bits per heavy atom. The Morgan fingerprint density at radius 3 is 2.80 bits per heavy atom. The predicted octanol–water partition coefficient (Wildman–Crippen LogP) is 0.475. The van der Waals surface area contributed by atoms with E-state index in [1.54, 1.807) is 21.8 Å². The van der Waals surface area contributed by atoms with Gasteiger partial charge in [-0.1, -0.05) is 18.2 Å². The van der Waals surface area contributed by atoms with Crippen LogP contribution in [0.1, 0.15) is 0 Å². The smallest absolute Gasteiger partial charge is 0.318 e. The van der Waals surface area contributed by atoms with Gasteiger partial charge in [0, 0.05) is 25.2 Å². The highest BCUT2D eigenvalue weighted by Gasteiger charge is 2.44. The number of rotatable bonds is 2. The third kappa shape index (κ3) is 3.12. The van der Waals surface area contributed by atoms with E-state index in [1.165, 1.54) is 0 Å². The minimum atomic E-state index is -3.11. The number of anilines is 1. The van der Waals surface area contributed by atoms with E-state index in [1.807, 2.05) is 30.3 Å². The number of hydrogen-bond donors (Lipinski definition) is 2. The molecule has 2 saturated heterocycles. The maximum absolute atomic E-state index is 12.8. The van der Waals surface area contributed by atoms with Crippen molar-refractivity contribution in [2.24, 2.45) is 0 Å². The van der Waals surface area contributed by atoms with Crippen LogP contribution in [0.5, 0.6) is 0 Å². The largest absolute Gasteiger partial charge is 0.323 e. The number of para-hydroxylation sites is 1. The number of carbonyl (C=O) groups excluding carboxylic acids is 1. The highest BCUT2D eigenvalue weighted by atomic mass is 32.2. The molecule has 1 aromatic heterocycles. The molecule has 0 unspecified atom stereocenters. The molecule has 2 fully saturated rings. The summed E-state index contributed by atoms with van der Waals surface area (Å²) in [4.78, 5) is 14.4. The number of benzene rings is 1. The summed E-state index contributed by atoms with van der Waals surface area (Å²) >= 11 is 0. The van der Waals surface area contributed by atoms with Gasteiger partial charge in [0.15, 0.2) is 9.84 Å². The first-order chi connectivity index (χ1) is 12.0. The van der Waals surface area contributed by atoms with Gasteiger partial charge in [0.2, 0.25) is 0 Å². The van der Waals surface area contributed by atoms with Crippen LogP contribution in [-0.2, 0) is 9.84 Å². The van der Waals surface area contributed by atoms with Gasteiger partial charge < -0.3 is 10.2 Å². The van der Waals surface area contributed by atoms with Crippen LogP contribution in [0.3, 0.4) is 0 Å². The van der Waals surface area contributed by atoms with Gasteiger partial charge in [0.1, 0.15) is 5.82 Å². The van der Waals surface area contributed by atoms with Crippen molar-refractivity contribution in [2.45, 2.75) is 12.1 Å². The molecule has 0 aliphatic carbocycles. The molecule has 25 heavy (non-hydrogen) atoms. The van der Waals surface area contributed by atoms with Gasteiger partial charge in [0.25, 0.3) is 0 Å². The minimum absolute atomic E-state index is 0.00995. The number of nitrogens with zero attached hydrogens (tertiary/aromatic N) is 3. The molecule has 0 bridgehead atoms. The van der Waals surface area contributed by atoms with Gasteiger partial charge in [-0.15, -0.1) is 0 Å². The minimum Gasteiger partial charge on any atom is -0.318 e. The lowest BCUT2D eigenvalue weighted by Gasteiger charge is -2.37. The molecule has 0 radical (unpaired) electrons. The SMILES string of the molecule is O=C(Nc1ccnn1-c1ccccc1)N1CCN[C@@H]2CS(=O)(=O)C[C@@H]21. The third-order valence-corrected chi connectivity index (χ3v) is 6.34. The molecule has 3 heterocycles. The molecule has 2 aromatic rings. The van der Waals surface area contributed by atoms with E-state index >= 15 is 0 Å². The summed E-state index contributed by atoms with van der Waals surface area (Å²) in [6.45, 7) is 1.06. The van der Waals surface area contributed by atoms with Crippen molar-refractivity contribution < 1.29 is 13.2 Å². The number of fused-ring (bicyclic) bond motifs is 1. The zero-order valence-electron chi connectivity index (χ0n) is 13.5. The predicted molar refractivity (Wildman–Crippen MR) is 93.5 cm³/mol. The number of piperazine rings is 1. The van der Waals surface area contributed by atoms with E-state index < -0.39 is 9.84 Å². The van der Waals surface area contributed by atoms with Crippen molar-refractivity contribution in [2.75, 3.05) is 29.9 Å². The van der Waals surface area contributed by atoms with E-state index in [4.69, 9.17) is 0 Å². The monoisotopic (exact) mass is 361 g/mol. The van der Waals surface area contributed by atoms with E-state index in [9.17, 15) is 13.2 Å². The number of aromatic nitrogens is 2. The number of amides is 2. The lowest BCUT2D eigenvalue weighted by Crippen LogP contribution is -2.59. The zero-order valence-corrected chi connectivity index (χ0v) is 14.3. The van der Waals surface area contributed by atoms with Crippen molar-refractivity contribution >= 4 is 21.7 Å². The van der Waals surface area contributed by atoms with E-state index in [0.29, 0.717) is 18.9 Å². The second-order valence-electron chi connectivity index (χ2n) is 6.29. The van der Waals surface area contributed by atoms with Gasteiger partial charge in [-0.25, -0.2) is 17.9 Å². The zero-order chi connectivity index (χ0) is 17.4. The Hall–Kier alpha value is -2.39. The van der Waals surface area contributed by atoms with Crippen molar-refractivity contribution in [3.63, 3.8) is 0 Å². The Morgan fingerprint density at radius 1 is 1.20 bits per heavy atom. The quantitative estimate of drug-likeness (QED) is 0.811. The lowest BCUT2D eigenvalue weighted by molar-refractivity contribution is 0.163. The van der Waals surface area contributed by atoms with Crippen molar-refractivity contribution in [1.29, 1.82) is 0 Å². The molecular weight excluding hydrogens is 342 g/mol. The average molecular weight is 361 g/mol. The second kappa shape index (κ2) is 6.16. The molecule has 4 rings (SSSR count). The Labute approximate surface area is 145 Å². The first-order valence-electron chi connectivity index (χ1n) is 8.14. The molecule has 132 valence electrons. The summed E-state index contributed by atoms with van der Waals surface area (Å²) in [5.41, 5.74) is 0.837. The fourth-order valence-corrected chi connectivity index (χ4v) is 5.43. The van der Waals surface area contributed by atoms with Gasteiger partial charge in [-0.05, 0) is 12.1 Å². The first kappa shape index (κ1) is 16.1. The second-order valence-corrected chi connectivity index (χ2v) is 8.45. The molecule has 2 aliphatic heterocycles. The highest BCUT2D eigenvalue weighted by molar-refractivity contribution is 7.91. The maximum Gasteiger partial charge on any atom is 0.323 e. The topological polar surface area (TPSA) is 96.3 Å². The fraction of sp³-hybridized carbons (Fsp3) is 0.375. The van der Waals surface area contributed by atoms with Crippen LogP contribution in [0.25, 0.3) is 5.69 Å². The summed E-state index contributed by atoms with van der Waals surface area (Å²) in [6, 6.07) is 10.4. The molecular formula is C16H19N5O3S. The average Bonchev–Trinajstić information content (AvgIpc) is 3.17. The highest BCUT2D eigenvalue weighted by Crippen LogP contribution is 2.23.